The zero-order chi connectivity index (χ0) is 14.2. The van der Waals surface area contributed by atoms with E-state index in [0.29, 0.717) is 16.7 Å². The van der Waals surface area contributed by atoms with Crippen LogP contribution < -0.4 is 0 Å². The van der Waals surface area contributed by atoms with Gasteiger partial charge in [-0.15, -0.1) is 0 Å². The van der Waals surface area contributed by atoms with Crippen molar-refractivity contribution >= 4 is 11.8 Å². The zero-order valence-corrected chi connectivity index (χ0v) is 10.9. The van der Waals surface area contributed by atoms with Crippen LogP contribution in [0.4, 0.5) is 17.6 Å². The highest BCUT2D eigenvalue weighted by molar-refractivity contribution is 7.99. The number of benzene rings is 1. The van der Waals surface area contributed by atoms with E-state index in [0.717, 1.165) is 11.1 Å². The minimum atomic E-state index is -1.65. The van der Waals surface area contributed by atoms with Gasteiger partial charge in [0.2, 0.25) is 0 Å². The standard InChI is InChI=1S/C13H9F4NS/c1-6-3-4-8(7(2)5-6)19-11-9(14)12(16)18-13(17)10(11)15/h3-5H,1-2H3. The van der Waals surface area contributed by atoms with Crippen LogP contribution >= 0.6 is 11.8 Å². The average Bonchev–Trinajstić information content (AvgIpc) is 2.34. The predicted octanol–water partition coefficient (Wildman–Crippen LogP) is 4.41. The second kappa shape index (κ2) is 5.21. The van der Waals surface area contributed by atoms with E-state index >= 15 is 0 Å². The van der Waals surface area contributed by atoms with Crippen LogP contribution in [0, 0.1) is 37.4 Å². The Morgan fingerprint density at radius 2 is 1.53 bits per heavy atom. The highest BCUT2D eigenvalue weighted by Crippen LogP contribution is 2.35. The summed E-state index contributed by atoms with van der Waals surface area (Å²) in [5.41, 5.74) is 1.75. The van der Waals surface area contributed by atoms with E-state index in [-0.39, 0.29) is 0 Å². The topological polar surface area (TPSA) is 12.9 Å². The van der Waals surface area contributed by atoms with E-state index < -0.39 is 28.4 Å². The summed E-state index contributed by atoms with van der Waals surface area (Å²) in [7, 11) is 0. The fraction of sp³-hybridized carbons (Fsp3) is 0.154. The fourth-order valence-corrected chi connectivity index (χ4v) is 2.51. The van der Waals surface area contributed by atoms with Crippen LogP contribution in [0.25, 0.3) is 0 Å². The summed E-state index contributed by atoms with van der Waals surface area (Å²) in [6, 6.07) is 5.20. The van der Waals surface area contributed by atoms with Crippen molar-refractivity contribution in [2.24, 2.45) is 0 Å². The van der Waals surface area contributed by atoms with Gasteiger partial charge in [0, 0.05) is 4.90 Å². The van der Waals surface area contributed by atoms with Crippen LogP contribution in [0.3, 0.4) is 0 Å². The molecule has 100 valence electrons. The molecule has 0 saturated heterocycles. The van der Waals surface area contributed by atoms with Gasteiger partial charge in [0.25, 0.3) is 11.9 Å². The first-order valence-electron chi connectivity index (χ1n) is 5.35. The number of hydrogen-bond acceptors (Lipinski definition) is 2. The van der Waals surface area contributed by atoms with E-state index in [1.54, 1.807) is 19.1 Å². The van der Waals surface area contributed by atoms with Crippen molar-refractivity contribution in [3.63, 3.8) is 0 Å². The molecule has 0 unspecified atom stereocenters. The maximum atomic E-state index is 13.5. The zero-order valence-electron chi connectivity index (χ0n) is 10.1. The molecule has 0 bridgehead atoms. The van der Waals surface area contributed by atoms with Crippen molar-refractivity contribution < 1.29 is 17.6 Å². The van der Waals surface area contributed by atoms with E-state index in [1.165, 1.54) is 0 Å². The number of rotatable bonds is 2. The summed E-state index contributed by atoms with van der Waals surface area (Å²) >= 11 is 0.634. The number of nitrogens with zero attached hydrogens (tertiary/aromatic N) is 1. The second-order valence-corrected chi connectivity index (χ2v) is 5.07. The number of aryl methyl sites for hydroxylation is 2. The maximum absolute atomic E-state index is 13.5. The Balaban J connectivity index is 2.49. The van der Waals surface area contributed by atoms with Crippen molar-refractivity contribution in [2.75, 3.05) is 0 Å². The third kappa shape index (κ3) is 2.73. The molecule has 0 saturated carbocycles. The Morgan fingerprint density at radius 3 is 2.05 bits per heavy atom. The molecule has 0 spiro atoms. The molecule has 2 rings (SSSR count). The maximum Gasteiger partial charge on any atom is 0.252 e. The van der Waals surface area contributed by atoms with Crippen LogP contribution in [0.2, 0.25) is 0 Å². The monoisotopic (exact) mass is 287 g/mol. The third-order valence-electron chi connectivity index (χ3n) is 2.50. The first-order chi connectivity index (χ1) is 8.90. The van der Waals surface area contributed by atoms with Gasteiger partial charge in [-0.2, -0.15) is 13.8 Å². The molecule has 0 aliphatic rings. The Kier molecular flexibility index (Phi) is 3.80. The van der Waals surface area contributed by atoms with Crippen LogP contribution in [0.15, 0.2) is 28.0 Å². The largest absolute Gasteiger partial charge is 0.252 e. The van der Waals surface area contributed by atoms with Gasteiger partial charge in [0.05, 0.1) is 4.90 Å². The van der Waals surface area contributed by atoms with Crippen LogP contribution in [0.1, 0.15) is 11.1 Å². The minimum Gasteiger partial charge on any atom is -0.201 e. The van der Waals surface area contributed by atoms with Crippen LogP contribution in [-0.4, -0.2) is 4.98 Å². The minimum absolute atomic E-state index is 0.522. The summed E-state index contributed by atoms with van der Waals surface area (Å²) in [5.74, 6) is -6.26. The molecule has 1 heterocycles. The van der Waals surface area contributed by atoms with Crippen molar-refractivity contribution in [1.82, 2.24) is 4.98 Å². The van der Waals surface area contributed by atoms with E-state index in [9.17, 15) is 17.6 Å². The number of aromatic nitrogens is 1. The number of pyridine rings is 1. The molecular weight excluding hydrogens is 278 g/mol. The van der Waals surface area contributed by atoms with Crippen molar-refractivity contribution in [3.05, 3.63) is 52.9 Å². The fourth-order valence-electron chi connectivity index (χ4n) is 1.58. The Morgan fingerprint density at radius 1 is 0.947 bits per heavy atom. The van der Waals surface area contributed by atoms with Gasteiger partial charge in [-0.05, 0) is 25.5 Å². The SMILES string of the molecule is Cc1ccc(Sc2c(F)c(F)nc(F)c2F)c(C)c1. The van der Waals surface area contributed by atoms with Gasteiger partial charge >= 0.3 is 0 Å². The number of halogens is 4. The highest BCUT2D eigenvalue weighted by Gasteiger charge is 2.22. The first-order valence-corrected chi connectivity index (χ1v) is 6.17. The predicted molar refractivity (Wildman–Crippen MR) is 64.1 cm³/mol. The molecule has 0 atom stereocenters. The molecule has 2 aromatic rings. The molecule has 0 amide bonds. The second-order valence-electron chi connectivity index (χ2n) is 4.02. The van der Waals surface area contributed by atoms with Gasteiger partial charge in [-0.25, -0.2) is 8.78 Å². The molecule has 1 aromatic carbocycles. The quantitative estimate of drug-likeness (QED) is 0.599. The van der Waals surface area contributed by atoms with Crippen molar-refractivity contribution in [2.45, 2.75) is 23.6 Å². The van der Waals surface area contributed by atoms with E-state index in [4.69, 9.17) is 0 Å². The first kappa shape index (κ1) is 13.9. The molecule has 19 heavy (non-hydrogen) atoms. The third-order valence-corrected chi connectivity index (χ3v) is 3.74. The Labute approximate surface area is 111 Å². The normalized spacial score (nSPS) is 10.8. The lowest BCUT2D eigenvalue weighted by molar-refractivity contribution is 0.383. The molecule has 0 fully saturated rings. The molecular formula is C13H9F4NS. The molecule has 0 aliphatic heterocycles. The van der Waals surface area contributed by atoms with E-state index in [1.807, 2.05) is 13.0 Å². The summed E-state index contributed by atoms with van der Waals surface area (Å²) in [6.45, 7) is 3.62. The number of hydrogen-bond donors (Lipinski definition) is 0. The van der Waals surface area contributed by atoms with Gasteiger partial charge in [-0.3, -0.25) is 0 Å². The van der Waals surface area contributed by atoms with Gasteiger partial charge in [0.1, 0.15) is 0 Å². The molecule has 0 aliphatic carbocycles. The molecule has 0 N–H and O–H groups in total. The van der Waals surface area contributed by atoms with Crippen LogP contribution in [-0.2, 0) is 0 Å². The lowest BCUT2D eigenvalue weighted by atomic mass is 10.2. The lowest BCUT2D eigenvalue weighted by Gasteiger charge is -2.08. The smallest absolute Gasteiger partial charge is 0.201 e. The lowest BCUT2D eigenvalue weighted by Crippen LogP contribution is -2.02. The van der Waals surface area contributed by atoms with E-state index in [2.05, 4.69) is 4.98 Å². The molecule has 0 radical (unpaired) electrons. The van der Waals surface area contributed by atoms with Gasteiger partial charge < -0.3 is 0 Å². The summed E-state index contributed by atoms with van der Waals surface area (Å²) < 4.78 is 52.9. The van der Waals surface area contributed by atoms with Crippen molar-refractivity contribution in [3.8, 4) is 0 Å². The molecule has 1 nitrogen and oxygen atoms in total. The Hall–Kier alpha value is -1.56. The summed E-state index contributed by atoms with van der Waals surface area (Å²) in [4.78, 5) is 2.31. The van der Waals surface area contributed by atoms with Gasteiger partial charge in [0.15, 0.2) is 11.6 Å². The summed E-state index contributed by atoms with van der Waals surface area (Å²) in [5, 5.41) is 0. The Bertz CT molecular complexity index is 617. The molecule has 1 aromatic heterocycles. The molecule has 6 heteroatoms. The average molecular weight is 287 g/mol. The van der Waals surface area contributed by atoms with Crippen molar-refractivity contribution in [1.29, 1.82) is 0 Å². The highest BCUT2D eigenvalue weighted by atomic mass is 32.2. The van der Waals surface area contributed by atoms with Gasteiger partial charge in [-0.1, -0.05) is 29.5 Å². The van der Waals surface area contributed by atoms with Crippen LogP contribution in [0.5, 0.6) is 0 Å². The summed E-state index contributed by atoms with van der Waals surface area (Å²) in [6.07, 6.45) is 0.